The van der Waals surface area contributed by atoms with Crippen molar-refractivity contribution in [3.05, 3.63) is 0 Å². The van der Waals surface area contributed by atoms with Gasteiger partial charge in [0.1, 0.15) is 0 Å². The van der Waals surface area contributed by atoms with Gasteiger partial charge in [0.15, 0.2) is 0 Å². The molecule has 0 unspecified atom stereocenters. The summed E-state index contributed by atoms with van der Waals surface area (Å²) in [6.45, 7) is 0. The third-order valence-corrected chi connectivity index (χ3v) is 0. The van der Waals surface area contributed by atoms with Crippen LogP contribution in [0, 0.1) is 0 Å². The SMILES string of the molecule is O=P(O)(O)O.O=P(O)(O)O.O=P(O)(O)O.O=P(O)(O)O.O=P(O)(O)O.O=P(O)(O)O.O=P(O)(O)O.O=P(O)(O)O.O=P(O)(O)O.O=P(O)(O)O.O=P(O)(O)O.O=P(O)(O)O.[NaH].[NaH]. The van der Waals surface area contributed by atoms with Crippen LogP contribution in [-0.4, -0.2) is 235 Å². The first-order valence-electron chi connectivity index (χ1n) is 9.39. The third-order valence-electron chi connectivity index (χ3n) is 0. The quantitative estimate of drug-likeness (QED) is 0.0791. The van der Waals surface area contributed by atoms with Gasteiger partial charge in [0.2, 0.25) is 0 Å². The van der Waals surface area contributed by atoms with Gasteiger partial charge in [0.05, 0.1) is 0 Å². The van der Waals surface area contributed by atoms with Crippen molar-refractivity contribution in [1.29, 1.82) is 0 Å². The van der Waals surface area contributed by atoms with Crippen LogP contribution in [0.1, 0.15) is 0 Å². The fourth-order valence-corrected chi connectivity index (χ4v) is 0. The zero-order chi connectivity index (χ0) is 54.0. The van der Waals surface area contributed by atoms with E-state index in [0.29, 0.717) is 0 Å². The summed E-state index contributed by atoms with van der Waals surface area (Å²) in [7, 11) is -55.7. The van der Waals surface area contributed by atoms with E-state index < -0.39 is 93.9 Å². The Bertz CT molecular complexity index is 1040. The molecule has 0 aromatic rings. The van der Waals surface area contributed by atoms with Crippen LogP contribution in [0.5, 0.6) is 0 Å². The van der Waals surface area contributed by atoms with Crippen LogP contribution in [0.2, 0.25) is 0 Å². The maximum atomic E-state index is 8.88. The first kappa shape index (κ1) is 103. The van der Waals surface area contributed by atoms with Crippen LogP contribution in [0.15, 0.2) is 0 Å². The van der Waals surface area contributed by atoms with Gasteiger partial charge >= 0.3 is 153 Å². The first-order valence-corrected chi connectivity index (χ1v) is 28.2. The molecule has 62 heavy (non-hydrogen) atoms. The first-order chi connectivity index (χ1) is 24.0. The standard InChI is InChI=1S/2Na.12H3O4P.2H/c;;12*1-5(2,3)4;;/h;;12*(H3,1,2,3,4);;. The normalized spacial score (nSPS) is 11.4. The van der Waals surface area contributed by atoms with Gasteiger partial charge in [-0.25, -0.2) is 54.8 Å². The zero-order valence-corrected chi connectivity index (χ0v) is 37.1. The summed E-state index contributed by atoms with van der Waals surface area (Å²) in [4.78, 5) is 259. The van der Waals surface area contributed by atoms with E-state index in [9.17, 15) is 0 Å². The molecular weight excluding hydrogens is 1190 g/mol. The van der Waals surface area contributed by atoms with Gasteiger partial charge in [-0.15, -0.1) is 0 Å². The molecule has 388 valence electrons. The van der Waals surface area contributed by atoms with Gasteiger partial charge in [-0.2, -0.15) is 0 Å². The predicted octanol–water partition coefficient (Wildman–Crippen LogP) is -12.4. The molecule has 0 saturated carbocycles. The summed E-state index contributed by atoms with van der Waals surface area (Å²) in [6, 6.07) is 0. The molecule has 48 nitrogen and oxygen atoms in total. The van der Waals surface area contributed by atoms with E-state index in [4.69, 9.17) is 231 Å². The van der Waals surface area contributed by atoms with Crippen molar-refractivity contribution in [1.82, 2.24) is 0 Å². The van der Waals surface area contributed by atoms with Crippen molar-refractivity contribution in [2.24, 2.45) is 0 Å². The Morgan fingerprint density at radius 2 is 0.113 bits per heavy atom. The Morgan fingerprint density at radius 3 is 0.113 bits per heavy atom. The molecule has 0 amide bonds. The van der Waals surface area contributed by atoms with Crippen LogP contribution in [0.4, 0.5) is 0 Å². The molecule has 0 aromatic carbocycles. The molecule has 0 bridgehead atoms. The Labute approximate surface area is 381 Å². The van der Waals surface area contributed by atoms with Crippen LogP contribution in [0.3, 0.4) is 0 Å². The zero-order valence-electron chi connectivity index (χ0n) is 26.4. The topological polar surface area (TPSA) is 933 Å². The molecule has 0 radical (unpaired) electrons. The summed E-state index contributed by atoms with van der Waals surface area (Å²) in [6.07, 6.45) is 0. The van der Waals surface area contributed by atoms with E-state index in [1.54, 1.807) is 0 Å². The average Bonchev–Trinajstić information content (AvgIpc) is 2.48. The molecule has 0 heterocycles. The molecule has 0 aliphatic carbocycles. The van der Waals surface area contributed by atoms with Gasteiger partial charge in [-0.05, 0) is 0 Å². The molecule has 0 rings (SSSR count). The summed E-state index contributed by atoms with van der Waals surface area (Å²) in [5.41, 5.74) is 0. The van der Waals surface area contributed by atoms with E-state index >= 15 is 0 Å². The van der Waals surface area contributed by atoms with Crippen molar-refractivity contribution in [3.8, 4) is 0 Å². The number of rotatable bonds is 0. The molecule has 0 fully saturated rings. The monoisotopic (exact) mass is 1220 g/mol. The van der Waals surface area contributed by atoms with E-state index in [1.165, 1.54) is 0 Å². The average molecular weight is 1220 g/mol. The summed E-state index contributed by atoms with van der Waals surface area (Å²) in [5.74, 6) is 0. The van der Waals surface area contributed by atoms with E-state index in [0.717, 1.165) is 0 Å². The van der Waals surface area contributed by atoms with E-state index in [1.807, 2.05) is 0 Å². The van der Waals surface area contributed by atoms with Crippen molar-refractivity contribution >= 4 is 153 Å². The fraction of sp³-hybridized carbons (Fsp3) is 0. The third kappa shape index (κ3) is 22300. The van der Waals surface area contributed by atoms with Crippen LogP contribution >= 0.6 is 93.9 Å². The van der Waals surface area contributed by atoms with Crippen LogP contribution < -0.4 is 0 Å². The second kappa shape index (κ2) is 45.5. The second-order valence-electron chi connectivity index (χ2n) is 6.16. The van der Waals surface area contributed by atoms with Crippen molar-refractivity contribution in [3.63, 3.8) is 0 Å². The van der Waals surface area contributed by atoms with E-state index in [2.05, 4.69) is 0 Å². The summed E-state index contributed by atoms with van der Waals surface area (Å²) < 4.78 is 107. The Hall–Kier alpha value is 3.32. The van der Waals surface area contributed by atoms with Crippen LogP contribution in [-0.2, 0) is 54.8 Å². The molecular formula is H38Na2O48P12. The number of hydrogen-bond donors (Lipinski definition) is 36. The minimum atomic E-state index is -4.64. The maximum absolute atomic E-state index is 8.88. The number of hydrogen-bond acceptors (Lipinski definition) is 12. The molecule has 0 atom stereocenters. The minimum absolute atomic E-state index is 0. The van der Waals surface area contributed by atoms with Crippen molar-refractivity contribution in [2.45, 2.75) is 0 Å². The second-order valence-corrected chi connectivity index (χ2v) is 18.5. The molecule has 0 aliphatic heterocycles. The Kier molecular flexibility index (Phi) is 75.2. The van der Waals surface area contributed by atoms with Crippen molar-refractivity contribution in [2.75, 3.05) is 0 Å². The van der Waals surface area contributed by atoms with Gasteiger partial charge in [0.25, 0.3) is 0 Å². The van der Waals surface area contributed by atoms with Gasteiger partial charge in [-0.3, -0.25) is 0 Å². The van der Waals surface area contributed by atoms with Crippen molar-refractivity contribution < 1.29 is 231 Å². The van der Waals surface area contributed by atoms with Gasteiger partial charge in [0, 0.05) is 0 Å². The van der Waals surface area contributed by atoms with E-state index in [-0.39, 0.29) is 59.1 Å². The Morgan fingerprint density at radius 1 is 0.113 bits per heavy atom. The molecule has 0 aliphatic rings. The van der Waals surface area contributed by atoms with Gasteiger partial charge < -0.3 is 176 Å². The molecule has 0 spiro atoms. The fourth-order valence-electron chi connectivity index (χ4n) is 0. The summed E-state index contributed by atoms with van der Waals surface area (Å²) >= 11 is 0. The van der Waals surface area contributed by atoms with Crippen LogP contribution in [0.25, 0.3) is 0 Å². The Balaban J connectivity index is -0.0000000337. The molecule has 0 saturated heterocycles. The molecule has 0 aromatic heterocycles. The van der Waals surface area contributed by atoms with Gasteiger partial charge in [-0.1, -0.05) is 0 Å². The number of phosphoric acid groups is 12. The predicted molar refractivity (Wildman–Crippen MR) is 185 cm³/mol. The molecule has 62 heteroatoms. The summed E-state index contributed by atoms with van der Waals surface area (Å²) in [5, 5.41) is 0. The molecule has 36 N–H and O–H groups in total.